The van der Waals surface area contributed by atoms with Crippen molar-refractivity contribution in [1.29, 1.82) is 0 Å². The Morgan fingerprint density at radius 3 is 3.06 bits per heavy atom. The lowest BCUT2D eigenvalue weighted by Gasteiger charge is -2.33. The Balaban J connectivity index is 2.23. The molecular formula is C12H16N2O3S. The highest BCUT2D eigenvalue weighted by Gasteiger charge is 2.33. The first-order chi connectivity index (χ1) is 8.65. The van der Waals surface area contributed by atoms with Crippen molar-refractivity contribution in [2.24, 2.45) is 0 Å². The molecule has 1 saturated heterocycles. The van der Waals surface area contributed by atoms with E-state index in [0.29, 0.717) is 24.5 Å². The van der Waals surface area contributed by atoms with Crippen LogP contribution in [0.4, 0.5) is 0 Å². The number of nitrogens with zero attached hydrogens (tertiary/aromatic N) is 1. The van der Waals surface area contributed by atoms with Crippen molar-refractivity contribution < 1.29 is 14.7 Å². The Labute approximate surface area is 109 Å². The highest BCUT2D eigenvalue weighted by atomic mass is 32.1. The molecule has 1 aliphatic heterocycles. The van der Waals surface area contributed by atoms with Gasteiger partial charge in [0, 0.05) is 19.6 Å². The molecule has 0 radical (unpaired) electrons. The van der Waals surface area contributed by atoms with Gasteiger partial charge in [0.1, 0.15) is 6.04 Å². The molecule has 0 spiro atoms. The maximum Gasteiger partial charge on any atom is 0.327 e. The molecule has 98 valence electrons. The molecule has 1 unspecified atom stereocenters. The van der Waals surface area contributed by atoms with Gasteiger partial charge in [0.25, 0.3) is 5.91 Å². The third-order valence-corrected chi connectivity index (χ3v) is 4.06. The Bertz CT molecular complexity index is 458. The minimum atomic E-state index is -0.954. The number of nitrogens with one attached hydrogen (secondary N) is 1. The van der Waals surface area contributed by atoms with Crippen LogP contribution in [0.3, 0.4) is 0 Å². The second kappa shape index (κ2) is 5.49. The van der Waals surface area contributed by atoms with E-state index >= 15 is 0 Å². The number of amides is 1. The smallest absolute Gasteiger partial charge is 0.327 e. The van der Waals surface area contributed by atoms with E-state index in [1.54, 1.807) is 0 Å². The van der Waals surface area contributed by atoms with E-state index in [1.807, 2.05) is 18.4 Å². The van der Waals surface area contributed by atoms with Gasteiger partial charge in [-0.05, 0) is 23.4 Å². The van der Waals surface area contributed by atoms with E-state index in [1.165, 1.54) is 16.2 Å². The summed E-state index contributed by atoms with van der Waals surface area (Å²) < 4.78 is 0. The largest absolute Gasteiger partial charge is 0.480 e. The summed E-state index contributed by atoms with van der Waals surface area (Å²) >= 11 is 1.39. The summed E-state index contributed by atoms with van der Waals surface area (Å²) in [5.74, 6) is -1.11. The second-order valence-corrected chi connectivity index (χ2v) is 5.10. The maximum atomic E-state index is 12.4. The molecule has 1 amide bonds. The van der Waals surface area contributed by atoms with Gasteiger partial charge in [-0.2, -0.15) is 0 Å². The van der Waals surface area contributed by atoms with Gasteiger partial charge in [-0.3, -0.25) is 4.79 Å². The fraction of sp³-hybridized carbons (Fsp3) is 0.500. The van der Waals surface area contributed by atoms with Gasteiger partial charge in [-0.1, -0.05) is 6.92 Å². The Hall–Kier alpha value is -1.40. The quantitative estimate of drug-likeness (QED) is 0.851. The molecule has 0 saturated carbocycles. The summed E-state index contributed by atoms with van der Waals surface area (Å²) in [4.78, 5) is 25.7. The molecule has 5 nitrogen and oxygen atoms in total. The second-order valence-electron chi connectivity index (χ2n) is 4.19. The van der Waals surface area contributed by atoms with Crippen molar-refractivity contribution in [3.8, 4) is 0 Å². The van der Waals surface area contributed by atoms with Crippen LogP contribution in [0.2, 0.25) is 0 Å². The van der Waals surface area contributed by atoms with Crippen LogP contribution in [-0.2, 0) is 11.2 Å². The number of aliphatic carboxylic acids is 1. The van der Waals surface area contributed by atoms with Crippen LogP contribution in [-0.4, -0.2) is 47.6 Å². The molecular weight excluding hydrogens is 252 g/mol. The number of hydrogen-bond donors (Lipinski definition) is 2. The van der Waals surface area contributed by atoms with Gasteiger partial charge in [-0.25, -0.2) is 4.79 Å². The molecule has 1 atom stereocenters. The Kier molecular flexibility index (Phi) is 3.98. The standard InChI is InChI=1S/C12H16N2O3S/c1-2-8-3-6-18-10(8)11(15)14-5-4-13-7-9(14)12(16)17/h3,6,9,13H,2,4-5,7H2,1H3,(H,16,17). The van der Waals surface area contributed by atoms with Crippen LogP contribution in [0.25, 0.3) is 0 Å². The number of rotatable bonds is 3. The van der Waals surface area contributed by atoms with Crippen LogP contribution in [0.1, 0.15) is 22.2 Å². The number of carbonyl (C=O) groups is 2. The molecule has 2 N–H and O–H groups in total. The van der Waals surface area contributed by atoms with E-state index in [0.717, 1.165) is 12.0 Å². The maximum absolute atomic E-state index is 12.4. The molecule has 2 heterocycles. The molecule has 1 aromatic rings. The average Bonchev–Trinajstić information content (AvgIpc) is 2.86. The summed E-state index contributed by atoms with van der Waals surface area (Å²) in [5.41, 5.74) is 0.993. The summed E-state index contributed by atoms with van der Waals surface area (Å²) in [7, 11) is 0. The van der Waals surface area contributed by atoms with Gasteiger partial charge in [0.2, 0.25) is 0 Å². The predicted octanol–water partition coefficient (Wildman–Crippen LogP) is 0.809. The van der Waals surface area contributed by atoms with E-state index < -0.39 is 12.0 Å². The lowest BCUT2D eigenvalue weighted by atomic mass is 10.1. The van der Waals surface area contributed by atoms with Crippen molar-refractivity contribution >= 4 is 23.2 Å². The van der Waals surface area contributed by atoms with Crippen molar-refractivity contribution in [3.05, 3.63) is 21.9 Å². The summed E-state index contributed by atoms with van der Waals surface area (Å²) in [6.07, 6.45) is 0.786. The van der Waals surface area contributed by atoms with Gasteiger partial charge < -0.3 is 15.3 Å². The SMILES string of the molecule is CCc1ccsc1C(=O)N1CCNCC1C(=O)O. The monoisotopic (exact) mass is 268 g/mol. The van der Waals surface area contributed by atoms with E-state index in [9.17, 15) is 9.59 Å². The zero-order valence-electron chi connectivity index (χ0n) is 10.2. The Morgan fingerprint density at radius 1 is 1.61 bits per heavy atom. The van der Waals surface area contributed by atoms with Gasteiger partial charge in [0.05, 0.1) is 4.88 Å². The van der Waals surface area contributed by atoms with Crippen molar-refractivity contribution in [3.63, 3.8) is 0 Å². The van der Waals surface area contributed by atoms with Crippen LogP contribution in [0.5, 0.6) is 0 Å². The first-order valence-corrected chi connectivity index (χ1v) is 6.84. The van der Waals surface area contributed by atoms with E-state index in [4.69, 9.17) is 5.11 Å². The predicted molar refractivity (Wildman–Crippen MR) is 69.0 cm³/mol. The fourth-order valence-corrected chi connectivity index (χ4v) is 3.05. The minimum Gasteiger partial charge on any atom is -0.480 e. The fourth-order valence-electron chi connectivity index (χ4n) is 2.10. The highest BCUT2D eigenvalue weighted by Crippen LogP contribution is 2.21. The van der Waals surface area contributed by atoms with Gasteiger partial charge >= 0.3 is 5.97 Å². The zero-order valence-corrected chi connectivity index (χ0v) is 11.0. The normalized spacial score (nSPS) is 19.8. The van der Waals surface area contributed by atoms with Gasteiger partial charge in [0.15, 0.2) is 0 Å². The lowest BCUT2D eigenvalue weighted by Crippen LogP contribution is -2.56. The minimum absolute atomic E-state index is 0.157. The van der Waals surface area contributed by atoms with Crippen molar-refractivity contribution in [1.82, 2.24) is 10.2 Å². The van der Waals surface area contributed by atoms with Crippen LogP contribution >= 0.6 is 11.3 Å². The molecule has 1 fully saturated rings. The first-order valence-electron chi connectivity index (χ1n) is 5.96. The number of piperazine rings is 1. The summed E-state index contributed by atoms with van der Waals surface area (Å²) in [6, 6.07) is 1.16. The van der Waals surface area contributed by atoms with Crippen LogP contribution < -0.4 is 5.32 Å². The number of hydrogen-bond acceptors (Lipinski definition) is 4. The van der Waals surface area contributed by atoms with Gasteiger partial charge in [-0.15, -0.1) is 11.3 Å². The number of carboxylic acids is 1. The number of carboxylic acid groups (broad SMARTS) is 1. The molecule has 1 aromatic heterocycles. The van der Waals surface area contributed by atoms with Crippen LogP contribution in [0, 0.1) is 0 Å². The zero-order chi connectivity index (χ0) is 13.1. The topological polar surface area (TPSA) is 69.6 Å². The van der Waals surface area contributed by atoms with E-state index in [-0.39, 0.29) is 5.91 Å². The molecule has 0 aromatic carbocycles. The molecule has 18 heavy (non-hydrogen) atoms. The molecule has 6 heteroatoms. The third-order valence-electron chi connectivity index (χ3n) is 3.11. The number of aryl methyl sites for hydroxylation is 1. The Morgan fingerprint density at radius 2 is 2.39 bits per heavy atom. The number of thiophene rings is 1. The number of carbonyl (C=O) groups excluding carboxylic acids is 1. The third kappa shape index (κ3) is 2.39. The average molecular weight is 268 g/mol. The van der Waals surface area contributed by atoms with Crippen LogP contribution in [0.15, 0.2) is 11.4 Å². The molecule has 0 aliphatic carbocycles. The highest BCUT2D eigenvalue weighted by molar-refractivity contribution is 7.12. The van der Waals surface area contributed by atoms with E-state index in [2.05, 4.69) is 5.32 Å². The summed E-state index contributed by atoms with van der Waals surface area (Å²) in [6.45, 7) is 3.39. The molecule has 2 rings (SSSR count). The van der Waals surface area contributed by atoms with Crippen molar-refractivity contribution in [2.45, 2.75) is 19.4 Å². The molecule has 0 bridgehead atoms. The lowest BCUT2D eigenvalue weighted by molar-refractivity contribution is -0.142. The van der Waals surface area contributed by atoms with Crippen molar-refractivity contribution in [2.75, 3.05) is 19.6 Å². The summed E-state index contributed by atoms with van der Waals surface area (Å²) in [5, 5.41) is 14.0. The molecule has 1 aliphatic rings. The first kappa shape index (κ1) is 13.0.